The Hall–Kier alpha value is -1.40. The topological polar surface area (TPSA) is 74.7 Å². The van der Waals surface area contributed by atoms with Crippen LogP contribution in [0.15, 0.2) is 29.2 Å². The van der Waals surface area contributed by atoms with Gasteiger partial charge in [0.15, 0.2) is 0 Å². The lowest BCUT2D eigenvalue weighted by Crippen LogP contribution is -2.42. The minimum atomic E-state index is -3.61. The fourth-order valence-electron chi connectivity index (χ4n) is 2.55. The van der Waals surface area contributed by atoms with Crippen molar-refractivity contribution in [1.82, 2.24) is 4.31 Å². The first-order valence-electron chi connectivity index (χ1n) is 7.15. The van der Waals surface area contributed by atoms with Gasteiger partial charge in [-0.15, -0.1) is 0 Å². The van der Waals surface area contributed by atoms with E-state index >= 15 is 0 Å². The molecule has 0 amide bonds. The smallest absolute Gasteiger partial charge is 0.307 e. The van der Waals surface area contributed by atoms with Gasteiger partial charge in [0, 0.05) is 13.1 Å². The van der Waals surface area contributed by atoms with Crippen LogP contribution in [-0.2, 0) is 14.8 Å². The summed E-state index contributed by atoms with van der Waals surface area (Å²) in [5, 5.41) is 9.09. The Labute approximate surface area is 125 Å². The SMILES string of the molecule is CC(C)c1cccc(S(=O)(=O)N2CCCC(C(=O)O)C2)c1. The summed E-state index contributed by atoms with van der Waals surface area (Å²) in [6.07, 6.45) is 1.12. The van der Waals surface area contributed by atoms with E-state index in [1.165, 1.54) is 4.31 Å². The number of carboxylic acids is 1. The summed E-state index contributed by atoms with van der Waals surface area (Å²) in [5.41, 5.74) is 0.961. The Balaban J connectivity index is 2.29. The maximum Gasteiger partial charge on any atom is 0.307 e. The van der Waals surface area contributed by atoms with Crippen molar-refractivity contribution in [2.24, 2.45) is 5.92 Å². The number of carbonyl (C=O) groups is 1. The largest absolute Gasteiger partial charge is 0.481 e. The predicted octanol–water partition coefficient (Wildman–Crippen LogP) is 2.30. The fourth-order valence-corrected chi connectivity index (χ4v) is 4.12. The van der Waals surface area contributed by atoms with Crippen LogP contribution in [0.5, 0.6) is 0 Å². The molecule has 0 saturated carbocycles. The molecule has 1 aromatic carbocycles. The molecule has 6 heteroatoms. The molecule has 1 aliphatic rings. The molecule has 1 unspecified atom stereocenters. The first kappa shape index (κ1) is 16.0. The number of piperidine rings is 1. The molecule has 0 radical (unpaired) electrons. The highest BCUT2D eigenvalue weighted by Crippen LogP contribution is 2.26. The van der Waals surface area contributed by atoms with Gasteiger partial charge in [-0.25, -0.2) is 8.42 Å². The highest BCUT2D eigenvalue weighted by atomic mass is 32.2. The van der Waals surface area contributed by atoms with E-state index in [0.29, 0.717) is 19.4 Å². The van der Waals surface area contributed by atoms with E-state index in [1.807, 2.05) is 19.9 Å². The van der Waals surface area contributed by atoms with Crippen LogP contribution in [0.3, 0.4) is 0 Å². The number of rotatable bonds is 4. The maximum atomic E-state index is 12.7. The van der Waals surface area contributed by atoms with Gasteiger partial charge in [0.2, 0.25) is 10.0 Å². The average Bonchev–Trinajstić information content (AvgIpc) is 2.47. The average molecular weight is 311 g/mol. The van der Waals surface area contributed by atoms with Crippen molar-refractivity contribution in [3.05, 3.63) is 29.8 Å². The highest BCUT2D eigenvalue weighted by molar-refractivity contribution is 7.89. The predicted molar refractivity (Wildman–Crippen MR) is 79.6 cm³/mol. The standard InChI is InChI=1S/C15H21NO4S/c1-11(2)12-5-3-7-14(9-12)21(19,20)16-8-4-6-13(10-16)15(17)18/h3,5,7,9,11,13H,4,6,8,10H2,1-2H3,(H,17,18). The van der Waals surface area contributed by atoms with E-state index in [-0.39, 0.29) is 17.4 Å². The van der Waals surface area contributed by atoms with Crippen LogP contribution in [0, 0.1) is 5.92 Å². The van der Waals surface area contributed by atoms with E-state index in [9.17, 15) is 13.2 Å². The highest BCUT2D eigenvalue weighted by Gasteiger charge is 2.33. The molecule has 116 valence electrons. The molecule has 2 rings (SSSR count). The van der Waals surface area contributed by atoms with Crippen molar-refractivity contribution in [1.29, 1.82) is 0 Å². The van der Waals surface area contributed by atoms with Crippen molar-refractivity contribution in [3.8, 4) is 0 Å². The van der Waals surface area contributed by atoms with Crippen LogP contribution < -0.4 is 0 Å². The van der Waals surface area contributed by atoms with Crippen molar-refractivity contribution in [2.75, 3.05) is 13.1 Å². The maximum absolute atomic E-state index is 12.7. The number of nitrogens with zero attached hydrogens (tertiary/aromatic N) is 1. The van der Waals surface area contributed by atoms with Gasteiger partial charge < -0.3 is 5.11 Å². The first-order valence-corrected chi connectivity index (χ1v) is 8.59. The number of sulfonamides is 1. The van der Waals surface area contributed by atoms with Crippen LogP contribution in [0.4, 0.5) is 0 Å². The fraction of sp³-hybridized carbons (Fsp3) is 0.533. The Morgan fingerprint density at radius 3 is 2.71 bits per heavy atom. The second kappa shape index (κ2) is 6.15. The van der Waals surface area contributed by atoms with Gasteiger partial charge in [0.1, 0.15) is 0 Å². The molecule has 1 saturated heterocycles. The summed E-state index contributed by atoms with van der Waals surface area (Å²) < 4.78 is 26.6. The lowest BCUT2D eigenvalue weighted by atomic mass is 10.0. The summed E-state index contributed by atoms with van der Waals surface area (Å²) >= 11 is 0. The van der Waals surface area contributed by atoms with Gasteiger partial charge in [-0.3, -0.25) is 4.79 Å². The lowest BCUT2D eigenvalue weighted by Gasteiger charge is -2.30. The third-order valence-corrected chi connectivity index (χ3v) is 5.76. The summed E-state index contributed by atoms with van der Waals surface area (Å²) in [4.78, 5) is 11.3. The summed E-state index contributed by atoms with van der Waals surface area (Å²) in [6, 6.07) is 6.90. The zero-order chi connectivity index (χ0) is 15.6. The van der Waals surface area contributed by atoms with E-state index in [0.717, 1.165) is 5.56 Å². The molecule has 0 spiro atoms. The zero-order valence-electron chi connectivity index (χ0n) is 12.3. The number of hydrogen-bond acceptors (Lipinski definition) is 3. The van der Waals surface area contributed by atoms with Gasteiger partial charge in [-0.05, 0) is 36.5 Å². The minimum Gasteiger partial charge on any atom is -0.481 e. The lowest BCUT2D eigenvalue weighted by molar-refractivity contribution is -0.142. The Morgan fingerprint density at radius 1 is 1.38 bits per heavy atom. The molecule has 1 N–H and O–H groups in total. The Kier molecular flexibility index (Phi) is 4.68. The Bertz CT molecular complexity index is 624. The van der Waals surface area contributed by atoms with Crippen molar-refractivity contribution >= 4 is 16.0 Å². The van der Waals surface area contributed by atoms with Gasteiger partial charge >= 0.3 is 5.97 Å². The van der Waals surface area contributed by atoms with Crippen LogP contribution in [0.25, 0.3) is 0 Å². The number of carboxylic acid groups (broad SMARTS) is 1. The van der Waals surface area contributed by atoms with E-state index in [1.54, 1.807) is 18.2 Å². The Morgan fingerprint density at radius 2 is 2.10 bits per heavy atom. The molecule has 1 aliphatic heterocycles. The van der Waals surface area contributed by atoms with Crippen LogP contribution in [-0.4, -0.2) is 36.9 Å². The number of hydrogen-bond donors (Lipinski definition) is 1. The van der Waals surface area contributed by atoms with E-state index in [4.69, 9.17) is 5.11 Å². The first-order chi connectivity index (χ1) is 9.82. The number of aliphatic carboxylic acids is 1. The second-order valence-corrected chi connectivity index (χ2v) is 7.71. The zero-order valence-corrected chi connectivity index (χ0v) is 13.1. The molecule has 21 heavy (non-hydrogen) atoms. The quantitative estimate of drug-likeness (QED) is 0.926. The van der Waals surface area contributed by atoms with Crippen LogP contribution >= 0.6 is 0 Å². The normalized spacial score (nSPS) is 20.6. The third-order valence-electron chi connectivity index (χ3n) is 3.90. The van der Waals surface area contributed by atoms with Crippen LogP contribution in [0.1, 0.15) is 38.2 Å². The van der Waals surface area contributed by atoms with E-state index < -0.39 is 21.9 Å². The van der Waals surface area contributed by atoms with Crippen molar-refractivity contribution < 1.29 is 18.3 Å². The number of benzene rings is 1. The molecular weight excluding hydrogens is 290 g/mol. The van der Waals surface area contributed by atoms with E-state index in [2.05, 4.69) is 0 Å². The van der Waals surface area contributed by atoms with Crippen LogP contribution in [0.2, 0.25) is 0 Å². The summed E-state index contributed by atoms with van der Waals surface area (Å²) in [6.45, 7) is 4.46. The van der Waals surface area contributed by atoms with Gasteiger partial charge in [0.25, 0.3) is 0 Å². The molecular formula is C15H21NO4S. The molecule has 5 nitrogen and oxygen atoms in total. The monoisotopic (exact) mass is 311 g/mol. The second-order valence-electron chi connectivity index (χ2n) is 5.77. The summed E-state index contributed by atoms with van der Waals surface area (Å²) in [7, 11) is -3.61. The van der Waals surface area contributed by atoms with Crippen molar-refractivity contribution in [3.63, 3.8) is 0 Å². The molecule has 0 aromatic heterocycles. The third kappa shape index (κ3) is 3.44. The molecule has 1 fully saturated rings. The minimum absolute atomic E-state index is 0.0591. The molecule has 0 aliphatic carbocycles. The molecule has 1 atom stereocenters. The van der Waals surface area contributed by atoms with Gasteiger partial charge in [-0.1, -0.05) is 26.0 Å². The molecule has 0 bridgehead atoms. The molecule has 1 heterocycles. The molecule has 1 aromatic rings. The van der Waals surface area contributed by atoms with Gasteiger partial charge in [0.05, 0.1) is 10.8 Å². The summed E-state index contributed by atoms with van der Waals surface area (Å²) in [5.74, 6) is -1.29. The van der Waals surface area contributed by atoms with Gasteiger partial charge in [-0.2, -0.15) is 4.31 Å². The van der Waals surface area contributed by atoms with Crippen molar-refractivity contribution in [2.45, 2.75) is 37.5 Å².